The maximum absolute atomic E-state index is 12.1. The molecule has 12 N–H and O–H groups in total. The van der Waals surface area contributed by atoms with Crippen molar-refractivity contribution in [3.8, 4) is 31.9 Å². The predicted octanol–water partition coefficient (Wildman–Crippen LogP) is 4.74. The van der Waals surface area contributed by atoms with Crippen molar-refractivity contribution in [2.45, 2.75) is 108 Å². The summed E-state index contributed by atoms with van der Waals surface area (Å²) in [6.07, 6.45) is 9.99. The molecule has 3 saturated heterocycles. The number of unbranched alkanes of at least 4 members (excludes halogenated alkanes) is 7. The number of thiophene rings is 3. The Labute approximate surface area is 513 Å². The van der Waals surface area contributed by atoms with Crippen molar-refractivity contribution in [2.75, 3.05) is 65.4 Å². The molecule has 3 fully saturated rings. The topological polar surface area (TPSA) is 379 Å². The summed E-state index contributed by atoms with van der Waals surface area (Å²) in [5, 5.41) is 54.9. The molecule has 0 aromatic carbocycles. The number of nitrogens with one attached hydrogen (secondary N) is 3. The summed E-state index contributed by atoms with van der Waals surface area (Å²) in [7, 11) is 0. The lowest BCUT2D eigenvalue weighted by atomic mass is 9.94. The van der Waals surface area contributed by atoms with Gasteiger partial charge in [0.15, 0.2) is 34.5 Å². The normalized spacial score (nSPS) is 19.4. The molecule has 0 saturated carbocycles. The van der Waals surface area contributed by atoms with Gasteiger partial charge in [-0.05, 0) is 112 Å². The van der Waals surface area contributed by atoms with Crippen LogP contribution in [0.4, 0.5) is 0 Å². The zero-order chi connectivity index (χ0) is 60.9. The van der Waals surface area contributed by atoms with Crippen molar-refractivity contribution < 1.29 is 62.5 Å². The van der Waals surface area contributed by atoms with Crippen molar-refractivity contribution in [3.05, 3.63) is 87.8 Å². The second-order valence-corrected chi connectivity index (χ2v) is 23.7. The number of ketones is 1. The van der Waals surface area contributed by atoms with E-state index in [0.717, 1.165) is 111 Å². The Balaban J connectivity index is 0.000000220. The minimum Gasteiger partial charge on any atom is -0.392 e. The minimum absolute atomic E-state index is 0. The SMILES string of the molecule is NC(=O)C1CNCCC1O.NC(=O)[C@@H]1CN(CCCCCNC(=O)c2cc(-c3cccs3)on2)CC[C@@H]1O.NC(=O)[C@@H]1CN(CCCCCNC(=O)c2cc(-c3cccs3)on2)CC[C@H]1O.O=CCCCCCC(=O)c1cc(-c2cccs2)on1.[B]. The maximum Gasteiger partial charge on any atom is 0.273 e. The van der Waals surface area contributed by atoms with Crippen LogP contribution in [0.5, 0.6) is 0 Å². The van der Waals surface area contributed by atoms with Gasteiger partial charge in [0.25, 0.3) is 11.8 Å². The Bertz CT molecular complexity index is 2830. The molecule has 5 amide bonds. The molecule has 24 nitrogen and oxygen atoms in total. The average Bonchev–Trinajstić information content (AvgIpc) is 3.38. The number of hydrogen-bond acceptors (Lipinski definition) is 22. The zero-order valence-corrected chi connectivity index (χ0v) is 50.6. The number of amides is 5. The highest BCUT2D eigenvalue weighted by Gasteiger charge is 2.33. The van der Waals surface area contributed by atoms with E-state index in [-0.39, 0.29) is 37.4 Å². The highest BCUT2D eigenvalue weighted by Crippen LogP contribution is 2.28. The number of aldehydes is 1. The van der Waals surface area contributed by atoms with Crippen LogP contribution in [0.2, 0.25) is 0 Å². The summed E-state index contributed by atoms with van der Waals surface area (Å²) in [4.78, 5) is 86.8. The Morgan fingerprint density at radius 3 is 1.40 bits per heavy atom. The van der Waals surface area contributed by atoms with Crippen LogP contribution in [-0.2, 0) is 19.2 Å². The molecule has 465 valence electrons. The number of piperidine rings is 3. The number of aliphatic hydroxyl groups is 3. The third kappa shape index (κ3) is 23.2. The van der Waals surface area contributed by atoms with Gasteiger partial charge in [0.1, 0.15) is 12.0 Å². The monoisotopic (exact) mass is 1240 g/mol. The lowest BCUT2D eigenvalue weighted by molar-refractivity contribution is -0.129. The second kappa shape index (κ2) is 37.7. The Morgan fingerprint density at radius 2 is 1.00 bits per heavy atom. The molecule has 6 aromatic heterocycles. The van der Waals surface area contributed by atoms with Gasteiger partial charge in [0.05, 0.1) is 50.7 Å². The largest absolute Gasteiger partial charge is 0.392 e. The van der Waals surface area contributed by atoms with E-state index in [4.69, 9.17) is 30.8 Å². The quantitative estimate of drug-likeness (QED) is 0.0145. The van der Waals surface area contributed by atoms with Gasteiger partial charge in [-0.2, -0.15) is 0 Å². The third-order valence-corrected chi connectivity index (χ3v) is 17.2. The van der Waals surface area contributed by atoms with E-state index in [1.165, 1.54) is 22.7 Å². The summed E-state index contributed by atoms with van der Waals surface area (Å²) in [6, 6.07) is 16.5. The highest BCUT2D eigenvalue weighted by molar-refractivity contribution is 7.14. The number of rotatable bonds is 27. The number of aromatic nitrogens is 3. The van der Waals surface area contributed by atoms with Crippen LogP contribution in [0.1, 0.15) is 121 Å². The molecule has 86 heavy (non-hydrogen) atoms. The standard InChI is InChI=1S/2C19H26N4O4S.C14H15NO3S.C6H12N2O2.B/c2*20-18(25)13-12-23(9-6-15(13)24)8-3-1-2-7-21-19(26)14-11-16(27-22-14)17-5-4-10-28-17;16-8-4-2-1-3-6-12(17)11-10-13(18-15-11)14-7-5-9-19-14;7-6(10)4-3-8-2-1-5(4)9;/h2*4-5,10-11,13,15,24H,1-3,6-9,12H2,(H2,20,25)(H,21,26);5,7-10H,1-4,6H2;4-5,8-9H,1-3H2,(H2,7,10);/t13-,15+;13-,15-;;;/m11.../s1. The first-order valence-corrected chi connectivity index (χ1v) is 31.4. The van der Waals surface area contributed by atoms with Gasteiger partial charge >= 0.3 is 0 Å². The van der Waals surface area contributed by atoms with E-state index in [2.05, 4.69) is 41.2 Å². The molecule has 3 aliphatic rings. The fraction of sp³-hybridized carbons (Fsp3) is 0.517. The lowest BCUT2D eigenvalue weighted by Gasteiger charge is -2.34. The van der Waals surface area contributed by atoms with Crippen LogP contribution >= 0.6 is 34.0 Å². The molecule has 28 heteroatoms. The van der Waals surface area contributed by atoms with E-state index in [1.54, 1.807) is 29.5 Å². The molecule has 0 spiro atoms. The molecule has 3 radical (unpaired) electrons. The molecule has 2 unspecified atom stereocenters. The molecule has 6 aromatic rings. The Hall–Kier alpha value is -6.76. The van der Waals surface area contributed by atoms with E-state index in [9.17, 15) is 48.9 Å². The molecule has 6 atom stereocenters. The van der Waals surface area contributed by atoms with Crippen molar-refractivity contribution in [1.82, 2.24) is 41.2 Å². The van der Waals surface area contributed by atoms with Gasteiger partial charge < -0.3 is 76.6 Å². The Morgan fingerprint density at radius 1 is 0.581 bits per heavy atom. The molecule has 3 aliphatic heterocycles. The fourth-order valence-corrected chi connectivity index (χ4v) is 11.6. The second-order valence-electron chi connectivity index (χ2n) is 20.9. The molecular formula is C58H79BN11O13S3. The number of nitrogens with two attached hydrogens (primary N) is 3. The maximum atomic E-state index is 12.1. The van der Waals surface area contributed by atoms with E-state index in [1.807, 2.05) is 52.5 Å². The van der Waals surface area contributed by atoms with Crippen LogP contribution in [-0.4, -0.2) is 174 Å². The molecule has 9 rings (SSSR count). The number of carbonyl (C=O) groups excluding carboxylic acids is 7. The number of Topliss-reactive ketones (excluding diaryl/α,β-unsaturated/α-hetero) is 1. The van der Waals surface area contributed by atoms with Gasteiger partial charge in [0.2, 0.25) is 17.7 Å². The van der Waals surface area contributed by atoms with Crippen LogP contribution in [0, 0.1) is 17.8 Å². The van der Waals surface area contributed by atoms with Crippen molar-refractivity contribution in [1.29, 1.82) is 0 Å². The summed E-state index contributed by atoms with van der Waals surface area (Å²) < 4.78 is 15.6. The third-order valence-electron chi connectivity index (χ3n) is 14.5. The van der Waals surface area contributed by atoms with E-state index >= 15 is 0 Å². The van der Waals surface area contributed by atoms with Crippen molar-refractivity contribution >= 4 is 84.0 Å². The zero-order valence-electron chi connectivity index (χ0n) is 48.1. The average molecular weight is 1250 g/mol. The van der Waals surface area contributed by atoms with Gasteiger partial charge in [-0.25, -0.2) is 0 Å². The minimum atomic E-state index is -0.624. The number of carbonyl (C=O) groups is 7. The fourth-order valence-electron chi connectivity index (χ4n) is 9.57. The number of primary amides is 3. The van der Waals surface area contributed by atoms with Crippen LogP contribution in [0.15, 0.2) is 84.3 Å². The van der Waals surface area contributed by atoms with Gasteiger partial charge in [-0.15, -0.1) is 34.0 Å². The van der Waals surface area contributed by atoms with Crippen molar-refractivity contribution in [2.24, 2.45) is 35.0 Å². The summed E-state index contributed by atoms with van der Waals surface area (Å²) in [5.74, 6) is -1.27. The van der Waals surface area contributed by atoms with Gasteiger partial charge in [-0.1, -0.05) is 52.9 Å². The number of likely N-dealkylation sites (tertiary alicyclic amines) is 2. The van der Waals surface area contributed by atoms with E-state index in [0.29, 0.717) is 87.8 Å². The lowest BCUT2D eigenvalue weighted by Crippen LogP contribution is -2.48. The summed E-state index contributed by atoms with van der Waals surface area (Å²) in [6.45, 7) is 6.74. The van der Waals surface area contributed by atoms with Crippen LogP contribution in [0.25, 0.3) is 31.9 Å². The van der Waals surface area contributed by atoms with Crippen molar-refractivity contribution in [3.63, 3.8) is 0 Å². The summed E-state index contributed by atoms with van der Waals surface area (Å²) in [5.41, 5.74) is 16.7. The van der Waals surface area contributed by atoms with Crippen LogP contribution in [0.3, 0.4) is 0 Å². The van der Waals surface area contributed by atoms with E-state index < -0.39 is 53.8 Å². The molecular weight excluding hydrogens is 1170 g/mol. The highest BCUT2D eigenvalue weighted by atomic mass is 32.1. The number of aliphatic hydroxyl groups excluding tert-OH is 3. The summed E-state index contributed by atoms with van der Waals surface area (Å²) >= 11 is 4.61. The smallest absolute Gasteiger partial charge is 0.273 e. The van der Waals surface area contributed by atoms with Gasteiger partial charge in [-0.3, -0.25) is 28.8 Å². The molecule has 9 heterocycles. The molecule has 0 bridgehead atoms. The molecule has 0 aliphatic carbocycles. The Kier molecular flexibility index (Phi) is 30.7. The first-order valence-electron chi connectivity index (χ1n) is 28.7. The number of nitrogens with zero attached hydrogens (tertiary/aromatic N) is 5. The van der Waals surface area contributed by atoms with Gasteiger partial charge in [0, 0.05) is 85.3 Å². The first kappa shape index (κ1) is 70.0. The predicted molar refractivity (Wildman–Crippen MR) is 327 cm³/mol. The van der Waals surface area contributed by atoms with Crippen LogP contribution < -0.4 is 33.2 Å². The number of hydrogen-bond donors (Lipinski definition) is 9. The first-order chi connectivity index (χ1) is 41.1.